The highest BCUT2D eigenvalue weighted by Gasteiger charge is 2.40. The van der Waals surface area contributed by atoms with Crippen LogP contribution < -0.4 is 5.32 Å². The molecule has 1 saturated heterocycles. The Hall–Kier alpha value is -1.50. The van der Waals surface area contributed by atoms with E-state index in [9.17, 15) is 0 Å². The van der Waals surface area contributed by atoms with Crippen molar-refractivity contribution in [3.8, 4) is 0 Å². The molecule has 2 aromatic heterocycles. The van der Waals surface area contributed by atoms with Crippen LogP contribution in [0.1, 0.15) is 34.0 Å². The second-order valence-corrected chi connectivity index (χ2v) is 7.32. The number of pyridine rings is 1. The number of ether oxygens (including phenoxy) is 1. The Morgan fingerprint density at radius 1 is 1.35 bits per heavy atom. The molecule has 0 bridgehead atoms. The van der Waals surface area contributed by atoms with Gasteiger partial charge in [0.2, 0.25) is 0 Å². The SMILES string of the molecule is COCCCN1C(=S)N[C@@H](c2ccccn2)[C@H]1c1ccc(C)s1. The molecule has 1 N–H and O–H groups in total. The summed E-state index contributed by atoms with van der Waals surface area (Å²) >= 11 is 7.43. The molecular weight excluding hydrogens is 326 g/mol. The van der Waals surface area contributed by atoms with E-state index in [1.165, 1.54) is 9.75 Å². The minimum Gasteiger partial charge on any atom is -0.385 e. The molecule has 3 rings (SSSR count). The van der Waals surface area contributed by atoms with Crippen LogP contribution in [-0.4, -0.2) is 35.3 Å². The predicted molar refractivity (Wildman–Crippen MR) is 97.7 cm³/mol. The van der Waals surface area contributed by atoms with Gasteiger partial charge in [0.15, 0.2) is 5.11 Å². The number of hydrogen-bond donors (Lipinski definition) is 1. The number of aromatic nitrogens is 1. The number of rotatable bonds is 6. The molecule has 122 valence electrons. The summed E-state index contributed by atoms with van der Waals surface area (Å²) in [4.78, 5) is 9.45. The van der Waals surface area contributed by atoms with Gasteiger partial charge in [-0.25, -0.2) is 0 Å². The van der Waals surface area contributed by atoms with E-state index in [0.29, 0.717) is 0 Å². The van der Waals surface area contributed by atoms with Crippen molar-refractivity contribution < 1.29 is 4.74 Å². The van der Waals surface area contributed by atoms with Crippen molar-refractivity contribution in [2.45, 2.75) is 25.4 Å². The summed E-state index contributed by atoms with van der Waals surface area (Å²) in [5.74, 6) is 0. The zero-order valence-corrected chi connectivity index (χ0v) is 15.0. The molecular formula is C17H21N3OS2. The van der Waals surface area contributed by atoms with Gasteiger partial charge in [0, 0.05) is 36.2 Å². The maximum absolute atomic E-state index is 5.60. The van der Waals surface area contributed by atoms with E-state index in [0.717, 1.165) is 30.4 Å². The van der Waals surface area contributed by atoms with Crippen molar-refractivity contribution >= 4 is 28.7 Å². The van der Waals surface area contributed by atoms with E-state index in [1.807, 2.05) is 29.7 Å². The van der Waals surface area contributed by atoms with Crippen molar-refractivity contribution in [2.75, 3.05) is 20.3 Å². The Morgan fingerprint density at radius 3 is 2.87 bits per heavy atom. The molecule has 0 radical (unpaired) electrons. The van der Waals surface area contributed by atoms with Crippen molar-refractivity contribution in [3.05, 3.63) is 52.0 Å². The lowest BCUT2D eigenvalue weighted by atomic mass is 10.0. The molecule has 2 aromatic rings. The highest BCUT2D eigenvalue weighted by atomic mass is 32.1. The van der Waals surface area contributed by atoms with Crippen molar-refractivity contribution in [2.24, 2.45) is 0 Å². The third-order valence-corrected chi connectivity index (χ3v) is 5.42. The van der Waals surface area contributed by atoms with E-state index < -0.39 is 0 Å². The molecule has 0 spiro atoms. The van der Waals surface area contributed by atoms with Gasteiger partial charge in [0.1, 0.15) is 0 Å². The van der Waals surface area contributed by atoms with E-state index in [2.05, 4.69) is 40.3 Å². The molecule has 0 amide bonds. The molecule has 0 unspecified atom stereocenters. The van der Waals surface area contributed by atoms with Gasteiger partial charge >= 0.3 is 0 Å². The first kappa shape index (κ1) is 16.4. The van der Waals surface area contributed by atoms with Gasteiger partial charge in [0.25, 0.3) is 0 Å². The van der Waals surface area contributed by atoms with Crippen molar-refractivity contribution in [3.63, 3.8) is 0 Å². The quantitative estimate of drug-likeness (QED) is 0.640. The average molecular weight is 348 g/mol. The standard InChI is InChI=1S/C17H21N3OS2/c1-12-7-8-14(23-12)16-15(13-6-3-4-9-18-13)19-17(22)20(16)10-5-11-21-2/h3-4,6-9,15-16H,5,10-11H2,1-2H3,(H,19,22)/t15-,16+/m0/s1. The molecule has 2 atom stereocenters. The normalized spacial score (nSPS) is 20.8. The number of nitrogens with one attached hydrogen (secondary N) is 1. The van der Waals surface area contributed by atoms with E-state index in [4.69, 9.17) is 17.0 Å². The summed E-state index contributed by atoms with van der Waals surface area (Å²) in [5, 5.41) is 4.26. The van der Waals surface area contributed by atoms with Gasteiger partial charge in [-0.15, -0.1) is 11.3 Å². The number of methoxy groups -OCH3 is 1. The van der Waals surface area contributed by atoms with Crippen LogP contribution in [0.3, 0.4) is 0 Å². The third-order valence-electron chi connectivity index (χ3n) is 4.00. The number of aryl methyl sites for hydroxylation is 1. The maximum atomic E-state index is 5.60. The van der Waals surface area contributed by atoms with E-state index in [1.54, 1.807) is 7.11 Å². The van der Waals surface area contributed by atoms with Gasteiger partial charge in [-0.3, -0.25) is 4.98 Å². The number of thiophene rings is 1. The monoisotopic (exact) mass is 347 g/mol. The fraction of sp³-hybridized carbons (Fsp3) is 0.412. The molecule has 3 heterocycles. The summed E-state index contributed by atoms with van der Waals surface area (Å²) in [5.41, 5.74) is 1.03. The molecule has 0 aromatic carbocycles. The van der Waals surface area contributed by atoms with Gasteiger partial charge in [-0.1, -0.05) is 6.07 Å². The fourth-order valence-electron chi connectivity index (χ4n) is 2.95. The van der Waals surface area contributed by atoms with Crippen LogP contribution in [0.4, 0.5) is 0 Å². The lowest BCUT2D eigenvalue weighted by molar-refractivity contribution is 0.181. The van der Waals surface area contributed by atoms with Crippen molar-refractivity contribution in [1.29, 1.82) is 0 Å². The summed E-state index contributed by atoms with van der Waals surface area (Å²) in [6.45, 7) is 3.76. The lowest BCUT2D eigenvalue weighted by Crippen LogP contribution is -2.30. The number of nitrogens with zero attached hydrogens (tertiary/aromatic N) is 2. The predicted octanol–water partition coefficient (Wildman–Crippen LogP) is 3.46. The molecule has 0 saturated carbocycles. The Bertz CT molecular complexity index is 659. The van der Waals surface area contributed by atoms with Crippen LogP contribution in [0.25, 0.3) is 0 Å². The molecule has 6 heteroatoms. The largest absolute Gasteiger partial charge is 0.385 e. The van der Waals surface area contributed by atoms with Gasteiger partial charge in [-0.2, -0.15) is 0 Å². The summed E-state index contributed by atoms with van der Waals surface area (Å²) in [6, 6.07) is 10.7. The maximum Gasteiger partial charge on any atom is 0.170 e. The topological polar surface area (TPSA) is 37.4 Å². The zero-order chi connectivity index (χ0) is 16.2. The highest BCUT2D eigenvalue weighted by Crippen LogP contribution is 2.41. The zero-order valence-electron chi connectivity index (χ0n) is 13.4. The van der Waals surface area contributed by atoms with Crippen LogP contribution in [0.5, 0.6) is 0 Å². The van der Waals surface area contributed by atoms with Crippen LogP contribution in [0.2, 0.25) is 0 Å². The van der Waals surface area contributed by atoms with Gasteiger partial charge < -0.3 is 15.0 Å². The first-order valence-electron chi connectivity index (χ1n) is 7.74. The van der Waals surface area contributed by atoms with E-state index >= 15 is 0 Å². The molecule has 4 nitrogen and oxygen atoms in total. The third kappa shape index (κ3) is 3.54. The Labute approximate surface area is 146 Å². The number of thiocarbonyl (C=S) groups is 1. The fourth-order valence-corrected chi connectivity index (χ4v) is 4.31. The molecule has 1 aliphatic heterocycles. The summed E-state index contributed by atoms with van der Waals surface area (Å²) in [6.07, 6.45) is 2.79. The Balaban J connectivity index is 1.91. The second-order valence-electron chi connectivity index (χ2n) is 5.61. The van der Waals surface area contributed by atoms with Gasteiger partial charge in [0.05, 0.1) is 17.8 Å². The second kappa shape index (κ2) is 7.38. The summed E-state index contributed by atoms with van der Waals surface area (Å²) in [7, 11) is 1.73. The van der Waals surface area contributed by atoms with Gasteiger partial charge in [-0.05, 0) is 49.8 Å². The van der Waals surface area contributed by atoms with Crippen LogP contribution in [0, 0.1) is 6.92 Å². The van der Waals surface area contributed by atoms with Crippen molar-refractivity contribution in [1.82, 2.24) is 15.2 Å². The minimum atomic E-state index is 0.0873. The molecule has 1 fully saturated rings. The Kier molecular flexibility index (Phi) is 5.25. The lowest BCUT2D eigenvalue weighted by Gasteiger charge is -2.26. The van der Waals surface area contributed by atoms with Crippen LogP contribution >= 0.6 is 23.6 Å². The van der Waals surface area contributed by atoms with Crippen LogP contribution in [0.15, 0.2) is 36.5 Å². The molecule has 23 heavy (non-hydrogen) atoms. The molecule has 0 aliphatic carbocycles. The molecule has 1 aliphatic rings. The first-order chi connectivity index (χ1) is 11.2. The Morgan fingerprint density at radius 2 is 2.22 bits per heavy atom. The summed E-state index contributed by atoms with van der Waals surface area (Å²) < 4.78 is 5.19. The average Bonchev–Trinajstić information content (AvgIpc) is 3.12. The minimum absolute atomic E-state index is 0.0873. The van der Waals surface area contributed by atoms with E-state index in [-0.39, 0.29) is 12.1 Å². The van der Waals surface area contributed by atoms with Crippen LogP contribution in [-0.2, 0) is 4.74 Å². The number of hydrogen-bond acceptors (Lipinski definition) is 4. The smallest absolute Gasteiger partial charge is 0.170 e. The first-order valence-corrected chi connectivity index (χ1v) is 8.96. The highest BCUT2D eigenvalue weighted by molar-refractivity contribution is 7.80.